The summed E-state index contributed by atoms with van der Waals surface area (Å²) >= 11 is 0. The molecular weight excluding hydrogens is 521 g/mol. The lowest BCUT2D eigenvalue weighted by molar-refractivity contribution is -0.138. The Morgan fingerprint density at radius 3 is 2.38 bits per heavy atom. The number of alkyl halides is 3. The molecule has 3 heterocycles. The van der Waals surface area contributed by atoms with E-state index in [1.807, 2.05) is 30.3 Å². The van der Waals surface area contributed by atoms with Gasteiger partial charge in [-0.3, -0.25) is 9.59 Å². The van der Waals surface area contributed by atoms with E-state index in [2.05, 4.69) is 4.98 Å². The first-order chi connectivity index (χ1) is 19.2. The molecule has 0 radical (unpaired) electrons. The first-order valence-electron chi connectivity index (χ1n) is 13.0. The summed E-state index contributed by atoms with van der Waals surface area (Å²) in [5.41, 5.74) is 1.65. The number of halogens is 3. The molecule has 40 heavy (non-hydrogen) atoms. The summed E-state index contributed by atoms with van der Waals surface area (Å²) in [6, 6.07) is 18.3. The van der Waals surface area contributed by atoms with E-state index in [0.29, 0.717) is 55.4 Å². The number of ether oxygens (including phenoxy) is 1. The second-order valence-electron chi connectivity index (χ2n) is 9.79. The van der Waals surface area contributed by atoms with Crippen LogP contribution >= 0.6 is 0 Å². The molecule has 2 aromatic heterocycles. The zero-order chi connectivity index (χ0) is 28.3. The molecule has 1 atom stereocenters. The van der Waals surface area contributed by atoms with Crippen molar-refractivity contribution < 1.29 is 27.5 Å². The number of pyridine rings is 1. The van der Waals surface area contributed by atoms with Crippen molar-refractivity contribution >= 4 is 17.5 Å². The topological polar surface area (TPSA) is 67.2 Å². The van der Waals surface area contributed by atoms with E-state index in [0.717, 1.165) is 17.7 Å². The van der Waals surface area contributed by atoms with Gasteiger partial charge in [-0.2, -0.15) is 13.2 Å². The van der Waals surface area contributed by atoms with Crippen LogP contribution in [0.2, 0.25) is 0 Å². The van der Waals surface area contributed by atoms with Crippen LogP contribution in [-0.2, 0) is 22.4 Å². The standard InChI is InChI=1S/C30H29F3N4O3/c1-21(38)35-13-15-36(16-14-35)28(39)18-25(23-9-5-10-24(17-23)30(31,32)33)26-19-34-29-27(11-6-12-37(26)29)40-20-22-7-3-2-4-8-22/h2-12,17,19,25H,13-16,18,20H2,1H3. The number of hydrogen-bond acceptors (Lipinski definition) is 4. The predicted octanol–water partition coefficient (Wildman–Crippen LogP) is 5.14. The van der Waals surface area contributed by atoms with Crippen LogP contribution in [0.25, 0.3) is 5.65 Å². The van der Waals surface area contributed by atoms with Crippen LogP contribution in [0.4, 0.5) is 13.2 Å². The molecule has 0 aliphatic carbocycles. The van der Waals surface area contributed by atoms with Crippen LogP contribution in [-0.4, -0.2) is 57.2 Å². The summed E-state index contributed by atoms with van der Waals surface area (Å²) in [4.78, 5) is 33.0. The molecule has 0 N–H and O–H groups in total. The lowest BCUT2D eigenvalue weighted by Gasteiger charge is -2.35. The van der Waals surface area contributed by atoms with Gasteiger partial charge < -0.3 is 18.9 Å². The Morgan fingerprint density at radius 1 is 0.950 bits per heavy atom. The van der Waals surface area contributed by atoms with Crippen molar-refractivity contribution in [2.24, 2.45) is 0 Å². The van der Waals surface area contributed by atoms with Crippen molar-refractivity contribution in [1.29, 1.82) is 0 Å². The van der Waals surface area contributed by atoms with E-state index in [9.17, 15) is 22.8 Å². The Balaban J connectivity index is 1.47. The molecule has 2 aromatic carbocycles. The zero-order valence-electron chi connectivity index (χ0n) is 22.0. The van der Waals surface area contributed by atoms with Gasteiger partial charge in [-0.1, -0.05) is 48.5 Å². The molecule has 7 nitrogen and oxygen atoms in total. The Bertz CT molecular complexity index is 1500. The Kier molecular flexibility index (Phi) is 7.77. The number of amides is 2. The number of benzene rings is 2. The molecule has 0 bridgehead atoms. The third-order valence-electron chi connectivity index (χ3n) is 7.20. The van der Waals surface area contributed by atoms with Gasteiger partial charge >= 0.3 is 6.18 Å². The summed E-state index contributed by atoms with van der Waals surface area (Å²) in [5, 5.41) is 0. The number of piperazine rings is 1. The quantitative estimate of drug-likeness (QED) is 0.320. The lowest BCUT2D eigenvalue weighted by Crippen LogP contribution is -2.50. The smallest absolute Gasteiger partial charge is 0.416 e. The summed E-state index contributed by atoms with van der Waals surface area (Å²) in [7, 11) is 0. The monoisotopic (exact) mass is 550 g/mol. The third kappa shape index (κ3) is 5.95. The van der Waals surface area contributed by atoms with E-state index in [1.165, 1.54) is 13.0 Å². The Labute approximate surface area is 229 Å². The van der Waals surface area contributed by atoms with Crippen molar-refractivity contribution in [3.63, 3.8) is 0 Å². The number of hydrogen-bond donors (Lipinski definition) is 0. The minimum Gasteiger partial charge on any atom is -0.485 e. The molecule has 1 aliphatic heterocycles. The van der Waals surface area contributed by atoms with Crippen LogP contribution in [0.5, 0.6) is 5.75 Å². The van der Waals surface area contributed by atoms with Crippen LogP contribution in [0.1, 0.15) is 41.6 Å². The minimum atomic E-state index is -4.52. The number of carbonyl (C=O) groups is 2. The number of carbonyl (C=O) groups excluding carboxylic acids is 2. The number of fused-ring (bicyclic) bond motifs is 1. The van der Waals surface area contributed by atoms with Gasteiger partial charge in [0.1, 0.15) is 6.61 Å². The van der Waals surface area contributed by atoms with Crippen molar-refractivity contribution in [3.8, 4) is 5.75 Å². The van der Waals surface area contributed by atoms with Gasteiger partial charge in [-0.05, 0) is 29.3 Å². The highest BCUT2D eigenvalue weighted by atomic mass is 19.4. The van der Waals surface area contributed by atoms with Gasteiger partial charge in [0.15, 0.2) is 11.4 Å². The van der Waals surface area contributed by atoms with Gasteiger partial charge in [-0.25, -0.2) is 4.98 Å². The summed E-state index contributed by atoms with van der Waals surface area (Å²) < 4.78 is 48.7. The van der Waals surface area contributed by atoms with Crippen LogP contribution in [0, 0.1) is 0 Å². The highest BCUT2D eigenvalue weighted by Crippen LogP contribution is 2.36. The van der Waals surface area contributed by atoms with E-state index in [4.69, 9.17) is 4.74 Å². The van der Waals surface area contributed by atoms with Gasteiger partial charge in [0.25, 0.3) is 0 Å². The maximum absolute atomic E-state index is 13.6. The molecule has 1 aliphatic rings. The van der Waals surface area contributed by atoms with Crippen LogP contribution in [0.3, 0.4) is 0 Å². The van der Waals surface area contributed by atoms with E-state index < -0.39 is 17.7 Å². The number of rotatable bonds is 7. The lowest BCUT2D eigenvalue weighted by atomic mass is 9.90. The maximum Gasteiger partial charge on any atom is 0.416 e. The van der Waals surface area contributed by atoms with Crippen molar-refractivity contribution in [1.82, 2.24) is 19.2 Å². The molecule has 1 fully saturated rings. The second-order valence-corrected chi connectivity index (χ2v) is 9.79. The average molecular weight is 551 g/mol. The largest absolute Gasteiger partial charge is 0.485 e. The van der Waals surface area contributed by atoms with Gasteiger partial charge in [0.05, 0.1) is 11.3 Å². The number of nitrogens with zero attached hydrogens (tertiary/aromatic N) is 4. The van der Waals surface area contributed by atoms with Crippen molar-refractivity contribution in [2.45, 2.75) is 32.0 Å². The molecule has 0 saturated carbocycles. The molecule has 0 spiro atoms. The molecular formula is C30H29F3N4O3. The van der Waals surface area contributed by atoms with Gasteiger partial charge in [0.2, 0.25) is 11.8 Å². The number of aromatic nitrogens is 2. The number of imidazole rings is 1. The molecule has 1 saturated heterocycles. The van der Waals surface area contributed by atoms with Crippen LogP contribution < -0.4 is 4.74 Å². The first-order valence-corrected chi connectivity index (χ1v) is 13.0. The fraction of sp³-hybridized carbons (Fsp3) is 0.300. The highest BCUT2D eigenvalue weighted by Gasteiger charge is 2.33. The van der Waals surface area contributed by atoms with E-state index >= 15 is 0 Å². The van der Waals surface area contributed by atoms with E-state index in [-0.39, 0.29) is 18.2 Å². The first kappa shape index (κ1) is 27.2. The third-order valence-corrected chi connectivity index (χ3v) is 7.20. The van der Waals surface area contributed by atoms with Gasteiger partial charge in [0, 0.05) is 57.8 Å². The molecule has 1 unspecified atom stereocenters. The molecule has 2 amide bonds. The Hall–Kier alpha value is -4.34. The molecule has 5 rings (SSSR count). The fourth-order valence-corrected chi connectivity index (χ4v) is 5.01. The van der Waals surface area contributed by atoms with Crippen LogP contribution in [0.15, 0.2) is 79.1 Å². The second kappa shape index (κ2) is 11.4. The summed E-state index contributed by atoms with van der Waals surface area (Å²) in [6.07, 6.45) is -1.21. The molecule has 4 aromatic rings. The fourth-order valence-electron chi connectivity index (χ4n) is 5.01. The minimum absolute atomic E-state index is 0.0510. The van der Waals surface area contributed by atoms with Crippen molar-refractivity contribution in [2.75, 3.05) is 26.2 Å². The average Bonchev–Trinajstić information content (AvgIpc) is 3.39. The maximum atomic E-state index is 13.6. The highest BCUT2D eigenvalue weighted by molar-refractivity contribution is 5.79. The summed E-state index contributed by atoms with van der Waals surface area (Å²) in [6.45, 7) is 3.41. The molecule has 208 valence electrons. The summed E-state index contributed by atoms with van der Waals surface area (Å²) in [5.74, 6) is -0.422. The SMILES string of the molecule is CC(=O)N1CCN(C(=O)CC(c2cccc(C(F)(F)F)c2)c2cnc3c(OCc4ccccc4)cccn23)CC1. The zero-order valence-corrected chi connectivity index (χ0v) is 22.0. The van der Waals surface area contributed by atoms with Gasteiger partial charge in [-0.15, -0.1) is 0 Å². The normalized spacial score (nSPS) is 14.8. The van der Waals surface area contributed by atoms with E-state index in [1.54, 1.807) is 44.8 Å². The molecule has 10 heteroatoms. The van der Waals surface area contributed by atoms with Crippen molar-refractivity contribution in [3.05, 3.63) is 102 Å². The predicted molar refractivity (Wildman–Crippen MR) is 143 cm³/mol. The Morgan fingerprint density at radius 2 is 1.68 bits per heavy atom.